The highest BCUT2D eigenvalue weighted by atomic mass is 35.5. The lowest BCUT2D eigenvalue weighted by Crippen LogP contribution is -2.31. The molecular formula is C13H18Cl2N2O. The van der Waals surface area contributed by atoms with Gasteiger partial charge in [-0.3, -0.25) is 9.69 Å². The molecule has 1 aliphatic rings. The van der Waals surface area contributed by atoms with Gasteiger partial charge in [0.15, 0.2) is 0 Å². The van der Waals surface area contributed by atoms with Crippen LogP contribution < -0.4 is 0 Å². The molecule has 1 aliphatic heterocycles. The van der Waals surface area contributed by atoms with E-state index in [1.807, 2.05) is 6.07 Å². The Kier molecular flexibility index (Phi) is 6.47. The van der Waals surface area contributed by atoms with Crippen LogP contribution in [0.25, 0.3) is 0 Å². The van der Waals surface area contributed by atoms with Crippen LogP contribution in [-0.4, -0.2) is 41.3 Å². The fourth-order valence-electron chi connectivity index (χ4n) is 2.15. The topological polar surface area (TPSA) is 23.6 Å². The standard InChI is InChI=1S/C13H17ClN2O.ClH/c14-13(17)16-8-4-7-15(9-10-16)11-12-5-2-1-3-6-12;/h1-3,5-6H,4,7-11H2;1H. The summed E-state index contributed by atoms with van der Waals surface area (Å²) in [7, 11) is 0. The van der Waals surface area contributed by atoms with E-state index in [1.54, 1.807) is 4.90 Å². The average molecular weight is 289 g/mol. The zero-order valence-electron chi connectivity index (χ0n) is 10.2. The summed E-state index contributed by atoms with van der Waals surface area (Å²) < 4.78 is 0. The van der Waals surface area contributed by atoms with Gasteiger partial charge in [0.05, 0.1) is 0 Å². The summed E-state index contributed by atoms with van der Waals surface area (Å²) in [6.07, 6.45) is 0.991. The first kappa shape index (κ1) is 15.3. The molecule has 0 spiro atoms. The van der Waals surface area contributed by atoms with E-state index in [1.165, 1.54) is 5.56 Å². The number of hydrogen-bond acceptors (Lipinski definition) is 2. The molecule has 0 aliphatic carbocycles. The molecule has 0 saturated carbocycles. The molecule has 0 bridgehead atoms. The minimum atomic E-state index is -0.327. The lowest BCUT2D eigenvalue weighted by molar-refractivity contribution is 0.220. The first-order valence-corrected chi connectivity index (χ1v) is 6.34. The quantitative estimate of drug-likeness (QED) is 0.617. The Morgan fingerprint density at radius 3 is 2.50 bits per heavy atom. The zero-order chi connectivity index (χ0) is 12.1. The molecule has 1 fully saturated rings. The Labute approximate surface area is 119 Å². The number of carbonyl (C=O) groups excluding carboxylic acids is 1. The van der Waals surface area contributed by atoms with E-state index in [0.29, 0.717) is 0 Å². The Morgan fingerprint density at radius 1 is 1.11 bits per heavy atom. The summed E-state index contributed by atoms with van der Waals surface area (Å²) in [5.41, 5.74) is 1.32. The van der Waals surface area contributed by atoms with E-state index in [9.17, 15) is 4.79 Å². The van der Waals surface area contributed by atoms with E-state index in [0.717, 1.165) is 39.1 Å². The largest absolute Gasteiger partial charge is 0.328 e. The highest BCUT2D eigenvalue weighted by Gasteiger charge is 2.17. The second-order valence-electron chi connectivity index (χ2n) is 4.36. The Hall–Kier alpha value is -0.770. The molecule has 0 aromatic heterocycles. The molecular weight excluding hydrogens is 271 g/mol. The molecule has 3 nitrogen and oxygen atoms in total. The van der Waals surface area contributed by atoms with Crippen molar-refractivity contribution in [3.8, 4) is 0 Å². The third-order valence-electron chi connectivity index (χ3n) is 3.09. The summed E-state index contributed by atoms with van der Waals surface area (Å²) in [5, 5.41) is -0.327. The number of amides is 1. The third kappa shape index (κ3) is 4.48. The average Bonchev–Trinajstić information content (AvgIpc) is 2.56. The summed E-state index contributed by atoms with van der Waals surface area (Å²) in [6.45, 7) is 4.37. The van der Waals surface area contributed by atoms with Crippen molar-refractivity contribution in [2.45, 2.75) is 13.0 Å². The fraction of sp³-hybridized carbons (Fsp3) is 0.462. The molecule has 0 radical (unpaired) electrons. The van der Waals surface area contributed by atoms with Crippen molar-refractivity contribution in [1.29, 1.82) is 0 Å². The Bertz CT molecular complexity index is 373. The minimum absolute atomic E-state index is 0. The van der Waals surface area contributed by atoms with Gasteiger partial charge in [0.2, 0.25) is 0 Å². The molecule has 1 amide bonds. The second kappa shape index (κ2) is 7.62. The first-order chi connectivity index (χ1) is 8.25. The monoisotopic (exact) mass is 288 g/mol. The van der Waals surface area contributed by atoms with Crippen molar-refractivity contribution in [1.82, 2.24) is 9.80 Å². The van der Waals surface area contributed by atoms with Crippen LogP contribution in [0.15, 0.2) is 30.3 Å². The van der Waals surface area contributed by atoms with Gasteiger partial charge in [-0.25, -0.2) is 0 Å². The van der Waals surface area contributed by atoms with Crippen LogP contribution in [0.2, 0.25) is 0 Å². The predicted molar refractivity (Wildman–Crippen MR) is 76.4 cm³/mol. The van der Waals surface area contributed by atoms with E-state index < -0.39 is 0 Å². The van der Waals surface area contributed by atoms with Crippen molar-refractivity contribution < 1.29 is 4.79 Å². The van der Waals surface area contributed by atoms with Gasteiger partial charge in [-0.05, 0) is 23.6 Å². The summed E-state index contributed by atoms with van der Waals surface area (Å²) in [5.74, 6) is 0. The molecule has 0 unspecified atom stereocenters. The van der Waals surface area contributed by atoms with Gasteiger partial charge >= 0.3 is 5.37 Å². The van der Waals surface area contributed by atoms with Crippen LogP contribution in [0.3, 0.4) is 0 Å². The predicted octanol–water partition coefficient (Wildman–Crippen LogP) is 2.97. The molecule has 100 valence electrons. The summed E-state index contributed by atoms with van der Waals surface area (Å²) >= 11 is 5.51. The molecule has 5 heteroatoms. The fourth-order valence-corrected chi connectivity index (χ4v) is 2.32. The molecule has 2 rings (SSSR count). The number of benzene rings is 1. The van der Waals surface area contributed by atoms with E-state index in [2.05, 4.69) is 29.2 Å². The normalized spacial score (nSPS) is 16.8. The van der Waals surface area contributed by atoms with Crippen LogP contribution >= 0.6 is 24.0 Å². The second-order valence-corrected chi connectivity index (χ2v) is 4.68. The van der Waals surface area contributed by atoms with Gasteiger partial charge < -0.3 is 4.90 Å². The van der Waals surface area contributed by atoms with E-state index in [4.69, 9.17) is 11.6 Å². The van der Waals surface area contributed by atoms with Crippen LogP contribution in [0, 0.1) is 0 Å². The van der Waals surface area contributed by atoms with Crippen LogP contribution in [-0.2, 0) is 6.54 Å². The van der Waals surface area contributed by atoms with Gasteiger partial charge in [-0.2, -0.15) is 0 Å². The molecule has 1 aromatic carbocycles. The number of halogens is 2. The van der Waals surface area contributed by atoms with Gasteiger partial charge in [0.1, 0.15) is 0 Å². The highest BCUT2D eigenvalue weighted by Crippen LogP contribution is 2.10. The lowest BCUT2D eigenvalue weighted by atomic mass is 10.2. The van der Waals surface area contributed by atoms with Crippen molar-refractivity contribution in [2.24, 2.45) is 0 Å². The van der Waals surface area contributed by atoms with Gasteiger partial charge in [-0.1, -0.05) is 30.3 Å². The third-order valence-corrected chi connectivity index (χ3v) is 3.33. The zero-order valence-corrected chi connectivity index (χ0v) is 11.8. The number of rotatable bonds is 2. The molecule has 0 N–H and O–H groups in total. The summed E-state index contributed by atoms with van der Waals surface area (Å²) in [6, 6.07) is 10.4. The van der Waals surface area contributed by atoms with Crippen molar-refractivity contribution >= 4 is 29.4 Å². The Balaban J connectivity index is 0.00000162. The van der Waals surface area contributed by atoms with Gasteiger partial charge in [-0.15, -0.1) is 12.4 Å². The highest BCUT2D eigenvalue weighted by molar-refractivity contribution is 6.62. The van der Waals surface area contributed by atoms with Crippen molar-refractivity contribution in [3.63, 3.8) is 0 Å². The minimum Gasteiger partial charge on any atom is -0.328 e. The SMILES string of the molecule is Cl.O=C(Cl)N1CCCN(Cc2ccccc2)CC1. The van der Waals surface area contributed by atoms with Gasteiger partial charge in [0, 0.05) is 32.7 Å². The Morgan fingerprint density at radius 2 is 1.83 bits per heavy atom. The lowest BCUT2D eigenvalue weighted by Gasteiger charge is -2.20. The molecule has 1 aromatic rings. The maximum Gasteiger partial charge on any atom is 0.316 e. The van der Waals surface area contributed by atoms with E-state index >= 15 is 0 Å². The van der Waals surface area contributed by atoms with Crippen LogP contribution in [0.4, 0.5) is 4.79 Å². The molecule has 0 atom stereocenters. The smallest absolute Gasteiger partial charge is 0.316 e. The van der Waals surface area contributed by atoms with E-state index in [-0.39, 0.29) is 17.8 Å². The molecule has 1 saturated heterocycles. The first-order valence-electron chi connectivity index (χ1n) is 5.96. The van der Waals surface area contributed by atoms with Crippen LogP contribution in [0.1, 0.15) is 12.0 Å². The number of nitrogens with zero attached hydrogens (tertiary/aromatic N) is 2. The van der Waals surface area contributed by atoms with Gasteiger partial charge in [0.25, 0.3) is 0 Å². The van der Waals surface area contributed by atoms with Crippen LogP contribution in [0.5, 0.6) is 0 Å². The summed E-state index contributed by atoms with van der Waals surface area (Å²) in [4.78, 5) is 15.2. The molecule has 18 heavy (non-hydrogen) atoms. The maximum absolute atomic E-state index is 11.1. The van der Waals surface area contributed by atoms with Crippen molar-refractivity contribution in [3.05, 3.63) is 35.9 Å². The molecule has 1 heterocycles. The number of carbonyl (C=O) groups is 1. The maximum atomic E-state index is 11.1. The number of hydrogen-bond donors (Lipinski definition) is 0. The van der Waals surface area contributed by atoms with Crippen molar-refractivity contribution in [2.75, 3.05) is 26.2 Å².